The van der Waals surface area contributed by atoms with Crippen molar-refractivity contribution in [3.8, 4) is 5.75 Å². The van der Waals surface area contributed by atoms with Gasteiger partial charge in [0, 0.05) is 0 Å². The van der Waals surface area contributed by atoms with Gasteiger partial charge in [0.1, 0.15) is 5.75 Å². The SMILES string of the molecule is COC(=O)C(C(C)C)C(O)c1ccc(OC(F)F)cc1. The van der Waals surface area contributed by atoms with Crippen molar-refractivity contribution in [3.05, 3.63) is 29.8 Å². The lowest BCUT2D eigenvalue weighted by Gasteiger charge is -2.24. The van der Waals surface area contributed by atoms with E-state index in [-0.39, 0.29) is 11.7 Å². The highest BCUT2D eigenvalue weighted by atomic mass is 19.3. The van der Waals surface area contributed by atoms with Crippen molar-refractivity contribution in [2.24, 2.45) is 11.8 Å². The second-order valence-electron chi connectivity index (χ2n) is 4.69. The molecule has 0 fully saturated rings. The molecule has 0 bridgehead atoms. The minimum Gasteiger partial charge on any atom is -0.469 e. The summed E-state index contributed by atoms with van der Waals surface area (Å²) < 4.78 is 33.0. The Morgan fingerprint density at radius 1 is 1.20 bits per heavy atom. The first-order valence-corrected chi connectivity index (χ1v) is 6.17. The number of hydrogen-bond donors (Lipinski definition) is 1. The minimum absolute atomic E-state index is 0.00452. The number of carbonyl (C=O) groups is 1. The minimum atomic E-state index is -2.90. The van der Waals surface area contributed by atoms with Crippen molar-refractivity contribution < 1.29 is 28.2 Å². The molecule has 1 aromatic rings. The molecule has 0 heterocycles. The van der Waals surface area contributed by atoms with Crippen molar-refractivity contribution in [2.75, 3.05) is 7.11 Å². The molecule has 0 saturated heterocycles. The summed E-state index contributed by atoms with van der Waals surface area (Å²) in [6.45, 7) is 0.683. The number of alkyl halides is 2. The number of carbonyl (C=O) groups excluding carboxylic acids is 1. The first kappa shape index (κ1) is 16.4. The standard InChI is InChI=1S/C14H18F2O4/c1-8(2)11(13(18)19-3)12(17)9-4-6-10(7-5-9)20-14(15)16/h4-8,11-12,14,17H,1-3H3. The van der Waals surface area contributed by atoms with Gasteiger partial charge in [-0.2, -0.15) is 8.78 Å². The molecule has 2 unspecified atom stereocenters. The maximum atomic E-state index is 12.0. The predicted molar refractivity (Wildman–Crippen MR) is 68.4 cm³/mol. The molecule has 0 aliphatic rings. The van der Waals surface area contributed by atoms with Crippen LogP contribution in [0.15, 0.2) is 24.3 Å². The molecule has 20 heavy (non-hydrogen) atoms. The van der Waals surface area contributed by atoms with E-state index in [9.17, 15) is 18.7 Å². The van der Waals surface area contributed by atoms with Gasteiger partial charge < -0.3 is 14.6 Å². The highest BCUT2D eigenvalue weighted by Gasteiger charge is 2.31. The van der Waals surface area contributed by atoms with Gasteiger partial charge in [0.15, 0.2) is 0 Å². The van der Waals surface area contributed by atoms with Crippen molar-refractivity contribution in [2.45, 2.75) is 26.6 Å². The Morgan fingerprint density at radius 3 is 2.15 bits per heavy atom. The number of halogens is 2. The van der Waals surface area contributed by atoms with Gasteiger partial charge in [-0.1, -0.05) is 26.0 Å². The van der Waals surface area contributed by atoms with Crippen LogP contribution in [0, 0.1) is 11.8 Å². The summed E-state index contributed by atoms with van der Waals surface area (Å²) in [6, 6.07) is 5.53. The molecule has 0 radical (unpaired) electrons. The van der Waals surface area contributed by atoms with Gasteiger partial charge in [-0.25, -0.2) is 0 Å². The average Bonchev–Trinajstić information content (AvgIpc) is 2.38. The molecule has 6 heteroatoms. The van der Waals surface area contributed by atoms with E-state index < -0.39 is 24.6 Å². The zero-order valence-electron chi connectivity index (χ0n) is 11.5. The zero-order valence-corrected chi connectivity index (χ0v) is 11.5. The van der Waals surface area contributed by atoms with Gasteiger partial charge >= 0.3 is 12.6 Å². The fourth-order valence-electron chi connectivity index (χ4n) is 1.96. The highest BCUT2D eigenvalue weighted by Crippen LogP contribution is 2.30. The Balaban J connectivity index is 2.89. The van der Waals surface area contributed by atoms with Crippen LogP contribution >= 0.6 is 0 Å². The normalized spacial score (nSPS) is 14.2. The van der Waals surface area contributed by atoms with Gasteiger partial charge in [-0.3, -0.25) is 4.79 Å². The Hall–Kier alpha value is -1.69. The Kier molecular flexibility index (Phi) is 5.88. The molecular weight excluding hydrogens is 270 g/mol. The molecule has 0 aliphatic heterocycles. The summed E-state index contributed by atoms with van der Waals surface area (Å²) in [5.41, 5.74) is 0.440. The molecule has 0 aliphatic carbocycles. The Morgan fingerprint density at radius 2 is 1.75 bits per heavy atom. The van der Waals surface area contributed by atoms with Crippen LogP contribution in [0.4, 0.5) is 8.78 Å². The Bertz CT molecular complexity index is 431. The van der Waals surface area contributed by atoms with Crippen LogP contribution in [-0.2, 0) is 9.53 Å². The molecule has 0 saturated carbocycles. The first-order chi connectivity index (χ1) is 9.36. The number of esters is 1. The fraction of sp³-hybridized carbons (Fsp3) is 0.500. The quantitative estimate of drug-likeness (QED) is 0.818. The summed E-state index contributed by atoms with van der Waals surface area (Å²) in [5.74, 6) is -1.37. The van der Waals surface area contributed by atoms with Gasteiger partial charge in [0.2, 0.25) is 0 Å². The van der Waals surface area contributed by atoms with Gasteiger partial charge in [-0.15, -0.1) is 0 Å². The van der Waals surface area contributed by atoms with E-state index in [1.165, 1.54) is 31.4 Å². The van der Waals surface area contributed by atoms with Crippen molar-refractivity contribution >= 4 is 5.97 Å². The molecule has 1 aromatic carbocycles. The number of aliphatic hydroxyl groups is 1. The molecular formula is C14H18F2O4. The molecule has 112 valence electrons. The zero-order chi connectivity index (χ0) is 15.3. The highest BCUT2D eigenvalue weighted by molar-refractivity contribution is 5.73. The number of aliphatic hydroxyl groups excluding tert-OH is 1. The summed E-state index contributed by atoms with van der Waals surface area (Å²) >= 11 is 0. The molecule has 2 atom stereocenters. The van der Waals surface area contributed by atoms with Gasteiger partial charge in [0.25, 0.3) is 0 Å². The predicted octanol–water partition coefficient (Wildman–Crippen LogP) is 2.77. The van der Waals surface area contributed by atoms with Gasteiger partial charge in [-0.05, 0) is 23.6 Å². The van der Waals surface area contributed by atoms with E-state index in [4.69, 9.17) is 0 Å². The van der Waals surface area contributed by atoms with Gasteiger partial charge in [0.05, 0.1) is 19.1 Å². The van der Waals surface area contributed by atoms with Crippen LogP contribution < -0.4 is 4.74 Å². The molecule has 4 nitrogen and oxygen atoms in total. The fourth-order valence-corrected chi connectivity index (χ4v) is 1.96. The number of rotatable bonds is 6. The smallest absolute Gasteiger partial charge is 0.387 e. The largest absolute Gasteiger partial charge is 0.469 e. The maximum absolute atomic E-state index is 12.0. The van der Waals surface area contributed by atoms with Crippen LogP contribution in [0.5, 0.6) is 5.75 Å². The number of ether oxygens (including phenoxy) is 2. The third kappa shape index (κ3) is 4.16. The van der Waals surface area contributed by atoms with E-state index in [2.05, 4.69) is 9.47 Å². The molecule has 0 amide bonds. The molecule has 1 N–H and O–H groups in total. The summed E-state index contributed by atoms with van der Waals surface area (Å²) in [6.07, 6.45) is -1.07. The van der Waals surface area contributed by atoms with Crippen molar-refractivity contribution in [1.29, 1.82) is 0 Å². The maximum Gasteiger partial charge on any atom is 0.387 e. The molecule has 0 spiro atoms. The van der Waals surface area contributed by atoms with Crippen LogP contribution in [-0.4, -0.2) is 24.8 Å². The topological polar surface area (TPSA) is 55.8 Å². The van der Waals surface area contributed by atoms with Crippen molar-refractivity contribution in [1.82, 2.24) is 0 Å². The second kappa shape index (κ2) is 7.19. The Labute approximate surface area is 116 Å². The number of benzene rings is 1. The van der Waals surface area contributed by atoms with E-state index in [1.807, 2.05) is 0 Å². The first-order valence-electron chi connectivity index (χ1n) is 6.17. The number of hydrogen-bond acceptors (Lipinski definition) is 4. The van der Waals surface area contributed by atoms with Crippen LogP contribution in [0.1, 0.15) is 25.5 Å². The third-order valence-corrected chi connectivity index (χ3v) is 2.98. The lowest BCUT2D eigenvalue weighted by Crippen LogP contribution is -2.28. The van der Waals surface area contributed by atoms with E-state index >= 15 is 0 Å². The van der Waals surface area contributed by atoms with Crippen molar-refractivity contribution in [3.63, 3.8) is 0 Å². The summed E-state index contributed by atoms with van der Waals surface area (Å²) in [7, 11) is 1.25. The summed E-state index contributed by atoms with van der Waals surface area (Å²) in [5, 5.41) is 10.2. The average molecular weight is 288 g/mol. The molecule has 0 aromatic heterocycles. The number of methoxy groups -OCH3 is 1. The lowest BCUT2D eigenvalue weighted by molar-refractivity contribution is -0.152. The van der Waals surface area contributed by atoms with E-state index in [0.717, 1.165) is 0 Å². The second-order valence-corrected chi connectivity index (χ2v) is 4.69. The van der Waals surface area contributed by atoms with Crippen LogP contribution in [0.2, 0.25) is 0 Å². The summed E-state index contributed by atoms with van der Waals surface area (Å²) in [4.78, 5) is 11.7. The lowest BCUT2D eigenvalue weighted by atomic mass is 9.86. The van der Waals surface area contributed by atoms with Crippen LogP contribution in [0.25, 0.3) is 0 Å². The van der Waals surface area contributed by atoms with Crippen LogP contribution in [0.3, 0.4) is 0 Å². The monoisotopic (exact) mass is 288 g/mol. The third-order valence-electron chi connectivity index (χ3n) is 2.98. The van der Waals surface area contributed by atoms with E-state index in [0.29, 0.717) is 5.56 Å². The molecule has 1 rings (SSSR count). The van der Waals surface area contributed by atoms with E-state index in [1.54, 1.807) is 13.8 Å².